The van der Waals surface area contributed by atoms with Gasteiger partial charge in [-0.05, 0) is 88.3 Å². The van der Waals surface area contributed by atoms with E-state index in [2.05, 4.69) is 62.1 Å². The summed E-state index contributed by atoms with van der Waals surface area (Å²) in [6, 6.07) is 13.2. The Bertz CT molecular complexity index is 1120. The van der Waals surface area contributed by atoms with Crippen molar-refractivity contribution in [3.63, 3.8) is 0 Å². The fourth-order valence-electron chi connectivity index (χ4n) is 5.60. The van der Waals surface area contributed by atoms with Crippen LogP contribution < -0.4 is 4.90 Å². The Kier molecular flexibility index (Phi) is 8.81. The summed E-state index contributed by atoms with van der Waals surface area (Å²) in [6.07, 6.45) is 4.14. The molecule has 1 aliphatic carbocycles. The highest BCUT2D eigenvalue weighted by atomic mass is 16.6. The summed E-state index contributed by atoms with van der Waals surface area (Å²) in [5.74, 6) is 0.454. The number of nitrogens with zero attached hydrogens (tertiary/aromatic N) is 3. The maximum Gasteiger partial charge on any atom is 0.410 e. The Hall–Kier alpha value is -2.86. The van der Waals surface area contributed by atoms with Crippen LogP contribution in [0.2, 0.25) is 0 Å². The smallest absolute Gasteiger partial charge is 0.410 e. The zero-order chi connectivity index (χ0) is 27.4. The first-order chi connectivity index (χ1) is 18.1. The Labute approximate surface area is 228 Å². The first-order valence-corrected chi connectivity index (χ1v) is 14.3. The lowest BCUT2D eigenvalue weighted by atomic mass is 9.96. The van der Waals surface area contributed by atoms with E-state index in [1.54, 1.807) is 4.90 Å². The van der Waals surface area contributed by atoms with Crippen LogP contribution in [0.5, 0.6) is 0 Å². The van der Waals surface area contributed by atoms with E-state index in [-0.39, 0.29) is 17.9 Å². The molecule has 2 aliphatic rings. The summed E-state index contributed by atoms with van der Waals surface area (Å²) in [5.41, 5.74) is 6.55. The summed E-state index contributed by atoms with van der Waals surface area (Å²) < 4.78 is 5.52. The summed E-state index contributed by atoms with van der Waals surface area (Å²) in [5, 5.41) is 0. The first-order valence-electron chi connectivity index (χ1n) is 14.3. The highest BCUT2D eigenvalue weighted by Crippen LogP contribution is 2.34. The van der Waals surface area contributed by atoms with E-state index < -0.39 is 5.60 Å². The van der Waals surface area contributed by atoms with Crippen molar-refractivity contribution in [2.24, 2.45) is 5.92 Å². The van der Waals surface area contributed by atoms with Crippen molar-refractivity contribution in [2.45, 2.75) is 79.4 Å². The Morgan fingerprint density at radius 2 is 1.58 bits per heavy atom. The maximum atomic E-state index is 13.3. The fraction of sp³-hybridized carbons (Fsp3) is 0.562. The zero-order valence-electron chi connectivity index (χ0n) is 24.2. The van der Waals surface area contributed by atoms with Crippen molar-refractivity contribution in [2.75, 3.05) is 37.6 Å². The van der Waals surface area contributed by atoms with Crippen molar-refractivity contribution in [3.05, 3.63) is 53.1 Å². The Balaban J connectivity index is 1.42. The summed E-state index contributed by atoms with van der Waals surface area (Å²) in [4.78, 5) is 31.9. The monoisotopic (exact) mass is 519 g/mol. The minimum absolute atomic E-state index is 0.170. The van der Waals surface area contributed by atoms with Crippen LogP contribution in [0.3, 0.4) is 0 Å². The van der Waals surface area contributed by atoms with Gasteiger partial charge in [0.05, 0.1) is 0 Å². The third-order valence-electron chi connectivity index (χ3n) is 7.93. The molecule has 6 heteroatoms. The topological polar surface area (TPSA) is 53.1 Å². The number of rotatable bonds is 6. The fourth-order valence-corrected chi connectivity index (χ4v) is 5.60. The van der Waals surface area contributed by atoms with Gasteiger partial charge >= 0.3 is 6.09 Å². The van der Waals surface area contributed by atoms with Gasteiger partial charge in [-0.15, -0.1) is 0 Å². The van der Waals surface area contributed by atoms with E-state index in [1.807, 2.05) is 25.7 Å². The van der Waals surface area contributed by atoms with Gasteiger partial charge in [0.25, 0.3) is 0 Å². The van der Waals surface area contributed by atoms with Gasteiger partial charge < -0.3 is 14.5 Å². The molecule has 2 amide bonds. The van der Waals surface area contributed by atoms with Crippen LogP contribution >= 0.6 is 0 Å². The van der Waals surface area contributed by atoms with E-state index in [0.717, 1.165) is 62.1 Å². The molecule has 1 heterocycles. The molecule has 6 nitrogen and oxygen atoms in total. The molecule has 0 unspecified atom stereocenters. The second kappa shape index (κ2) is 11.9. The normalized spacial score (nSPS) is 17.1. The minimum Gasteiger partial charge on any atom is -0.444 e. The number of anilines is 1. The van der Waals surface area contributed by atoms with Crippen molar-refractivity contribution >= 4 is 17.7 Å². The Morgan fingerprint density at radius 1 is 0.947 bits per heavy atom. The molecule has 2 fully saturated rings. The molecule has 0 N–H and O–H groups in total. The van der Waals surface area contributed by atoms with Gasteiger partial charge in [0.15, 0.2) is 0 Å². The van der Waals surface area contributed by atoms with E-state index in [9.17, 15) is 9.59 Å². The summed E-state index contributed by atoms with van der Waals surface area (Å²) in [6.45, 7) is 16.7. The predicted octanol–water partition coefficient (Wildman–Crippen LogP) is 6.57. The van der Waals surface area contributed by atoms with Crippen molar-refractivity contribution in [3.8, 4) is 11.1 Å². The molecule has 206 valence electrons. The van der Waals surface area contributed by atoms with Gasteiger partial charge in [-0.3, -0.25) is 9.69 Å². The number of ether oxygens (including phenoxy) is 1. The third kappa shape index (κ3) is 6.76. The van der Waals surface area contributed by atoms with Crippen molar-refractivity contribution in [1.82, 2.24) is 9.80 Å². The van der Waals surface area contributed by atoms with Gasteiger partial charge in [-0.2, -0.15) is 0 Å². The van der Waals surface area contributed by atoms with Crippen molar-refractivity contribution in [1.29, 1.82) is 0 Å². The van der Waals surface area contributed by atoms with E-state index >= 15 is 0 Å². The number of carbonyl (C=O) groups is 2. The molecule has 1 aliphatic heterocycles. The lowest BCUT2D eigenvalue weighted by Gasteiger charge is -2.35. The van der Waals surface area contributed by atoms with Crippen molar-refractivity contribution < 1.29 is 14.3 Å². The second-order valence-corrected chi connectivity index (χ2v) is 11.9. The van der Waals surface area contributed by atoms with Crippen LogP contribution in [0.1, 0.15) is 70.1 Å². The largest absolute Gasteiger partial charge is 0.444 e. The van der Waals surface area contributed by atoms with Crippen LogP contribution in [-0.4, -0.2) is 60.1 Å². The SMILES string of the molecule is CCN(C(=O)C1CCCC1)c1cc(-c2ccc(CN3CCN(C(=O)OC(C)(C)C)CC3)cc2)cc(C)c1C. The van der Waals surface area contributed by atoms with Crippen LogP contribution in [0.25, 0.3) is 11.1 Å². The standard InChI is InChI=1S/C32H45N3O3/c1-7-35(30(36)27-10-8-9-11-27)29-21-28(20-23(2)24(29)3)26-14-12-25(13-15-26)22-33-16-18-34(19-17-33)31(37)38-32(4,5)6/h12-15,20-21,27H,7-11,16-19,22H2,1-6H3. The number of benzene rings is 2. The van der Waals surface area contributed by atoms with E-state index in [4.69, 9.17) is 4.74 Å². The first kappa shape index (κ1) is 28.2. The average molecular weight is 520 g/mol. The number of aryl methyl sites for hydroxylation is 1. The van der Waals surface area contributed by atoms with Gasteiger partial charge in [0.2, 0.25) is 5.91 Å². The number of amides is 2. The average Bonchev–Trinajstić information content (AvgIpc) is 3.42. The van der Waals surface area contributed by atoms with E-state index in [0.29, 0.717) is 19.6 Å². The summed E-state index contributed by atoms with van der Waals surface area (Å²) >= 11 is 0. The molecule has 1 saturated heterocycles. The highest BCUT2D eigenvalue weighted by molar-refractivity contribution is 5.96. The zero-order valence-corrected chi connectivity index (χ0v) is 24.2. The number of hydrogen-bond donors (Lipinski definition) is 0. The minimum atomic E-state index is -0.465. The molecule has 1 saturated carbocycles. The van der Waals surface area contributed by atoms with E-state index in [1.165, 1.54) is 16.7 Å². The molecule has 0 spiro atoms. The maximum absolute atomic E-state index is 13.3. The molecule has 0 atom stereocenters. The molecule has 2 aromatic rings. The lowest BCUT2D eigenvalue weighted by Crippen LogP contribution is -2.49. The molecule has 0 aromatic heterocycles. The second-order valence-electron chi connectivity index (χ2n) is 11.9. The molecule has 2 aromatic carbocycles. The van der Waals surface area contributed by atoms with Crippen LogP contribution in [0.15, 0.2) is 36.4 Å². The van der Waals surface area contributed by atoms with Gasteiger partial charge in [0, 0.05) is 50.9 Å². The quantitative estimate of drug-likeness (QED) is 0.433. The van der Waals surface area contributed by atoms with Gasteiger partial charge in [-0.25, -0.2) is 4.79 Å². The lowest BCUT2D eigenvalue weighted by molar-refractivity contribution is -0.122. The molecular formula is C32H45N3O3. The molecule has 0 radical (unpaired) electrons. The number of hydrogen-bond acceptors (Lipinski definition) is 4. The van der Waals surface area contributed by atoms with Gasteiger partial charge in [0.1, 0.15) is 5.60 Å². The molecule has 38 heavy (non-hydrogen) atoms. The number of carbonyl (C=O) groups excluding carboxylic acids is 2. The summed E-state index contributed by atoms with van der Waals surface area (Å²) in [7, 11) is 0. The van der Waals surface area contributed by atoms with Gasteiger partial charge in [-0.1, -0.05) is 43.2 Å². The Morgan fingerprint density at radius 3 is 2.16 bits per heavy atom. The third-order valence-corrected chi connectivity index (χ3v) is 7.93. The number of piperazine rings is 1. The molecular weight excluding hydrogens is 474 g/mol. The molecule has 4 rings (SSSR count). The van der Waals surface area contributed by atoms with Crippen LogP contribution in [0, 0.1) is 19.8 Å². The highest BCUT2D eigenvalue weighted by Gasteiger charge is 2.29. The van der Waals surface area contributed by atoms with Crippen LogP contribution in [0.4, 0.5) is 10.5 Å². The van der Waals surface area contributed by atoms with Crippen LogP contribution in [-0.2, 0) is 16.1 Å². The molecule has 0 bridgehead atoms. The predicted molar refractivity (Wildman–Crippen MR) is 154 cm³/mol.